The number of benzene rings is 1. The van der Waals surface area contributed by atoms with Gasteiger partial charge >= 0.3 is 0 Å². The lowest BCUT2D eigenvalue weighted by Crippen LogP contribution is -1.90. The monoisotopic (exact) mass is 381 g/mol. The van der Waals surface area contributed by atoms with Crippen molar-refractivity contribution >= 4 is 39.7 Å². The SMILES string of the molecule is Cc1cccc(-c2[nH]nc(N)c2-c2cccs2)c1I. The van der Waals surface area contributed by atoms with Gasteiger partial charge in [0.15, 0.2) is 5.82 Å². The molecule has 2 aromatic heterocycles. The largest absolute Gasteiger partial charge is 0.382 e. The summed E-state index contributed by atoms with van der Waals surface area (Å²) in [5.74, 6) is 0.551. The van der Waals surface area contributed by atoms with Crippen LogP contribution in [0.25, 0.3) is 21.7 Å². The number of aromatic nitrogens is 2. The third kappa shape index (κ3) is 2.17. The Bertz CT molecular complexity index is 716. The molecule has 0 atom stereocenters. The number of aromatic amines is 1. The van der Waals surface area contributed by atoms with E-state index in [9.17, 15) is 0 Å². The zero-order valence-electron chi connectivity index (χ0n) is 10.3. The molecule has 0 unspecified atom stereocenters. The number of halogens is 1. The Morgan fingerprint density at radius 2 is 2.11 bits per heavy atom. The molecule has 0 spiro atoms. The number of anilines is 1. The topological polar surface area (TPSA) is 54.7 Å². The normalized spacial score (nSPS) is 10.8. The van der Waals surface area contributed by atoms with E-state index in [4.69, 9.17) is 5.73 Å². The first kappa shape index (κ1) is 12.7. The maximum atomic E-state index is 6.02. The van der Waals surface area contributed by atoms with Gasteiger partial charge in [0.05, 0.1) is 11.3 Å². The predicted molar refractivity (Wildman–Crippen MR) is 89.2 cm³/mol. The van der Waals surface area contributed by atoms with E-state index in [0.29, 0.717) is 5.82 Å². The van der Waals surface area contributed by atoms with Gasteiger partial charge in [-0.3, -0.25) is 5.10 Å². The first-order chi connectivity index (χ1) is 9.18. The number of hydrogen-bond acceptors (Lipinski definition) is 3. The fourth-order valence-electron chi connectivity index (χ4n) is 2.06. The van der Waals surface area contributed by atoms with Gasteiger partial charge in [-0.05, 0) is 46.5 Å². The summed E-state index contributed by atoms with van der Waals surface area (Å²) in [4.78, 5) is 1.14. The summed E-state index contributed by atoms with van der Waals surface area (Å²) in [6.07, 6.45) is 0. The molecule has 0 saturated heterocycles. The van der Waals surface area contributed by atoms with E-state index in [-0.39, 0.29) is 0 Å². The van der Waals surface area contributed by atoms with E-state index in [1.54, 1.807) is 11.3 Å². The van der Waals surface area contributed by atoms with Gasteiger partial charge in [-0.1, -0.05) is 24.3 Å². The number of nitrogens with zero attached hydrogens (tertiary/aromatic N) is 1. The van der Waals surface area contributed by atoms with E-state index < -0.39 is 0 Å². The molecule has 0 aliphatic carbocycles. The van der Waals surface area contributed by atoms with Crippen molar-refractivity contribution in [1.82, 2.24) is 10.2 Å². The second-order valence-electron chi connectivity index (χ2n) is 4.27. The van der Waals surface area contributed by atoms with Gasteiger partial charge in [0.2, 0.25) is 0 Å². The quantitative estimate of drug-likeness (QED) is 0.651. The van der Waals surface area contributed by atoms with E-state index in [2.05, 4.69) is 64.0 Å². The summed E-state index contributed by atoms with van der Waals surface area (Å²) >= 11 is 4.04. The molecule has 96 valence electrons. The fourth-order valence-corrected chi connectivity index (χ4v) is 3.48. The second kappa shape index (κ2) is 4.97. The highest BCUT2D eigenvalue weighted by Crippen LogP contribution is 2.39. The van der Waals surface area contributed by atoms with Crippen molar-refractivity contribution in [2.45, 2.75) is 6.92 Å². The van der Waals surface area contributed by atoms with Crippen LogP contribution in [0.1, 0.15) is 5.56 Å². The number of thiophene rings is 1. The Morgan fingerprint density at radius 3 is 2.84 bits per heavy atom. The second-order valence-corrected chi connectivity index (χ2v) is 6.30. The van der Waals surface area contributed by atoms with Crippen LogP contribution < -0.4 is 5.73 Å². The minimum absolute atomic E-state index is 0.551. The molecular weight excluding hydrogens is 369 g/mol. The summed E-state index contributed by atoms with van der Waals surface area (Å²) in [7, 11) is 0. The van der Waals surface area contributed by atoms with Crippen molar-refractivity contribution in [1.29, 1.82) is 0 Å². The van der Waals surface area contributed by atoms with Crippen molar-refractivity contribution in [3.63, 3.8) is 0 Å². The van der Waals surface area contributed by atoms with Crippen LogP contribution in [0.15, 0.2) is 35.7 Å². The first-order valence-corrected chi connectivity index (χ1v) is 7.77. The van der Waals surface area contributed by atoms with Crippen molar-refractivity contribution in [2.75, 3.05) is 5.73 Å². The summed E-state index contributed by atoms with van der Waals surface area (Å²) in [6, 6.07) is 10.4. The molecule has 0 radical (unpaired) electrons. The van der Waals surface area contributed by atoms with E-state index in [0.717, 1.165) is 21.7 Å². The Kier molecular flexibility index (Phi) is 3.32. The standard InChI is InChI=1S/C14H12IN3S/c1-8-4-2-5-9(12(8)15)13-11(14(16)18-17-13)10-6-3-7-19-10/h2-7H,1H3,(H3,16,17,18). The van der Waals surface area contributed by atoms with Crippen molar-refractivity contribution < 1.29 is 0 Å². The summed E-state index contributed by atoms with van der Waals surface area (Å²) in [6.45, 7) is 2.11. The average molecular weight is 381 g/mol. The predicted octanol–water partition coefficient (Wildman–Crippen LogP) is 4.30. The number of nitrogens with two attached hydrogens (primary N) is 1. The molecule has 3 aromatic rings. The third-order valence-corrected chi connectivity index (χ3v) is 5.34. The van der Waals surface area contributed by atoms with Crippen molar-refractivity contribution in [2.24, 2.45) is 0 Å². The molecule has 19 heavy (non-hydrogen) atoms. The number of rotatable bonds is 2. The molecule has 0 aliphatic heterocycles. The minimum atomic E-state index is 0.551. The Labute approximate surface area is 129 Å². The highest BCUT2D eigenvalue weighted by Gasteiger charge is 2.17. The number of hydrogen-bond donors (Lipinski definition) is 2. The maximum absolute atomic E-state index is 6.02. The highest BCUT2D eigenvalue weighted by atomic mass is 127. The number of aryl methyl sites for hydroxylation is 1. The minimum Gasteiger partial charge on any atom is -0.382 e. The van der Waals surface area contributed by atoms with Crippen LogP contribution in [0, 0.1) is 10.5 Å². The number of nitrogen functional groups attached to an aromatic ring is 1. The van der Waals surface area contributed by atoms with Gasteiger partial charge in [0, 0.05) is 14.0 Å². The lowest BCUT2D eigenvalue weighted by Gasteiger charge is -2.07. The molecule has 3 rings (SSSR count). The van der Waals surface area contributed by atoms with Crippen LogP contribution in [-0.4, -0.2) is 10.2 Å². The summed E-state index contributed by atoms with van der Waals surface area (Å²) in [5.41, 5.74) is 10.4. The van der Waals surface area contributed by atoms with E-state index >= 15 is 0 Å². The van der Waals surface area contributed by atoms with Gasteiger partial charge in [-0.2, -0.15) is 5.10 Å². The molecule has 5 heteroatoms. The van der Waals surface area contributed by atoms with Crippen LogP contribution in [0.4, 0.5) is 5.82 Å². The molecule has 3 nitrogen and oxygen atoms in total. The zero-order chi connectivity index (χ0) is 13.4. The van der Waals surface area contributed by atoms with Crippen molar-refractivity contribution in [3.05, 3.63) is 44.8 Å². The molecular formula is C14H12IN3S. The molecule has 0 bridgehead atoms. The Hall–Kier alpha value is -1.34. The first-order valence-electron chi connectivity index (χ1n) is 5.81. The van der Waals surface area contributed by atoms with Crippen LogP contribution >= 0.6 is 33.9 Å². The maximum Gasteiger partial charge on any atom is 0.154 e. The fraction of sp³-hybridized carbons (Fsp3) is 0.0714. The van der Waals surface area contributed by atoms with Gasteiger partial charge < -0.3 is 5.73 Å². The van der Waals surface area contributed by atoms with E-state index in [1.165, 1.54) is 9.13 Å². The van der Waals surface area contributed by atoms with Crippen LogP contribution in [0.2, 0.25) is 0 Å². The van der Waals surface area contributed by atoms with Gasteiger partial charge in [0.25, 0.3) is 0 Å². The average Bonchev–Trinajstić information content (AvgIpc) is 3.02. The lowest BCUT2D eigenvalue weighted by molar-refractivity contribution is 1.10. The molecule has 2 heterocycles. The molecule has 1 aromatic carbocycles. The molecule has 0 saturated carbocycles. The Morgan fingerprint density at radius 1 is 1.26 bits per heavy atom. The Balaban J connectivity index is 2.25. The van der Waals surface area contributed by atoms with E-state index in [1.807, 2.05) is 11.4 Å². The van der Waals surface area contributed by atoms with Crippen molar-refractivity contribution in [3.8, 4) is 21.7 Å². The summed E-state index contributed by atoms with van der Waals surface area (Å²) in [5, 5.41) is 9.30. The number of H-pyrrole nitrogens is 1. The molecule has 0 aliphatic rings. The molecule has 0 amide bonds. The van der Waals surface area contributed by atoms with Crippen LogP contribution in [0.3, 0.4) is 0 Å². The smallest absolute Gasteiger partial charge is 0.154 e. The highest BCUT2D eigenvalue weighted by molar-refractivity contribution is 14.1. The van der Waals surface area contributed by atoms with Gasteiger partial charge in [-0.15, -0.1) is 11.3 Å². The third-order valence-electron chi connectivity index (χ3n) is 3.02. The van der Waals surface area contributed by atoms with Crippen LogP contribution in [-0.2, 0) is 0 Å². The zero-order valence-corrected chi connectivity index (χ0v) is 13.2. The summed E-state index contributed by atoms with van der Waals surface area (Å²) < 4.78 is 1.22. The molecule has 0 fully saturated rings. The molecule has 3 N–H and O–H groups in total. The number of nitrogens with one attached hydrogen (secondary N) is 1. The van der Waals surface area contributed by atoms with Gasteiger partial charge in [-0.25, -0.2) is 0 Å². The lowest BCUT2D eigenvalue weighted by atomic mass is 10.0. The van der Waals surface area contributed by atoms with Gasteiger partial charge in [0.1, 0.15) is 0 Å². The van der Waals surface area contributed by atoms with Crippen LogP contribution in [0.5, 0.6) is 0 Å².